The number of aromatic nitrogens is 4. The van der Waals surface area contributed by atoms with E-state index >= 15 is 0 Å². The van der Waals surface area contributed by atoms with Crippen LogP contribution in [-0.4, -0.2) is 25.2 Å². The van der Waals surface area contributed by atoms with Gasteiger partial charge in [-0.25, -0.2) is 9.55 Å². The van der Waals surface area contributed by atoms with E-state index in [0.29, 0.717) is 16.6 Å². The molecule has 0 atom stereocenters. The fourth-order valence-corrected chi connectivity index (χ4v) is 2.01. The number of carbonyl (C=O) groups is 1. The van der Waals surface area contributed by atoms with Crippen LogP contribution < -0.4 is 5.56 Å². The Morgan fingerprint density at radius 2 is 1.90 bits per heavy atom. The van der Waals surface area contributed by atoms with Crippen LogP contribution in [0.3, 0.4) is 0 Å². The molecule has 2 heterocycles. The molecule has 0 unspecified atom stereocenters. The molecule has 3 aromatic rings. The average Bonchev–Trinajstić information content (AvgIpc) is 2.82. The van der Waals surface area contributed by atoms with Gasteiger partial charge in [-0.05, 0) is 19.1 Å². The zero-order valence-electron chi connectivity index (χ0n) is 11.1. The molecule has 0 radical (unpaired) electrons. The van der Waals surface area contributed by atoms with E-state index in [1.54, 1.807) is 19.2 Å². The normalized spacial score (nSPS) is 10.9. The number of hydrogen-bond acceptors (Lipinski definition) is 4. The van der Waals surface area contributed by atoms with Crippen LogP contribution in [0.5, 0.6) is 0 Å². The first-order chi connectivity index (χ1) is 9.58. The third-order valence-electron chi connectivity index (χ3n) is 3.17. The number of fused-ring (bicyclic) bond motifs is 1. The Kier molecular flexibility index (Phi) is 2.71. The quantitative estimate of drug-likeness (QED) is 0.663. The molecule has 0 aliphatic heterocycles. The van der Waals surface area contributed by atoms with Crippen LogP contribution in [-0.2, 0) is 7.05 Å². The number of carbonyl (C=O) groups excluding carboxylic acids is 1. The monoisotopic (exact) mass is 268 g/mol. The summed E-state index contributed by atoms with van der Waals surface area (Å²) in [7, 11) is 1.70. The van der Waals surface area contributed by atoms with Crippen LogP contribution in [0.4, 0.5) is 0 Å². The lowest BCUT2D eigenvalue weighted by atomic mass is 10.1. The molecule has 0 amide bonds. The molecule has 0 spiro atoms. The molecule has 3 rings (SSSR count). The van der Waals surface area contributed by atoms with E-state index < -0.39 is 11.5 Å². The minimum absolute atomic E-state index is 0.329. The van der Waals surface area contributed by atoms with E-state index in [9.17, 15) is 9.59 Å². The number of nitrogens with zero attached hydrogens (tertiary/aromatic N) is 4. The highest BCUT2D eigenvalue weighted by Crippen LogP contribution is 2.07. The second-order valence-corrected chi connectivity index (χ2v) is 4.60. The van der Waals surface area contributed by atoms with Gasteiger partial charge in [0.25, 0.3) is 11.5 Å². The number of rotatable bonds is 1. The zero-order valence-corrected chi connectivity index (χ0v) is 11.1. The molecule has 1 aromatic carbocycles. The van der Waals surface area contributed by atoms with Gasteiger partial charge >= 0.3 is 0 Å². The molecule has 0 saturated carbocycles. The van der Waals surface area contributed by atoms with Gasteiger partial charge in [0.2, 0.25) is 0 Å². The average molecular weight is 268 g/mol. The Labute approximate surface area is 114 Å². The van der Waals surface area contributed by atoms with Crippen molar-refractivity contribution in [2.75, 3.05) is 0 Å². The van der Waals surface area contributed by atoms with E-state index in [-0.39, 0.29) is 0 Å². The fraction of sp³-hybridized carbons (Fsp3) is 0.143. The molecule has 0 aliphatic carbocycles. The Bertz CT molecular complexity index is 859. The lowest BCUT2D eigenvalue weighted by Gasteiger charge is -2.04. The lowest BCUT2D eigenvalue weighted by molar-refractivity contribution is 0.0955. The zero-order chi connectivity index (χ0) is 14.3. The number of benzene rings is 1. The van der Waals surface area contributed by atoms with Crippen LogP contribution >= 0.6 is 0 Å². The summed E-state index contributed by atoms with van der Waals surface area (Å²) in [5.74, 6) is -0.395. The van der Waals surface area contributed by atoms with Crippen molar-refractivity contribution >= 4 is 16.9 Å². The molecule has 0 saturated heterocycles. The van der Waals surface area contributed by atoms with Gasteiger partial charge in [-0.1, -0.05) is 17.7 Å². The molecule has 0 fully saturated rings. The van der Waals surface area contributed by atoms with Crippen molar-refractivity contribution in [3.63, 3.8) is 0 Å². The van der Waals surface area contributed by atoms with Gasteiger partial charge in [0.15, 0.2) is 5.65 Å². The van der Waals surface area contributed by atoms with E-state index in [1.165, 1.54) is 17.2 Å². The highest BCUT2D eigenvalue weighted by atomic mass is 16.2. The van der Waals surface area contributed by atoms with Crippen LogP contribution in [0.25, 0.3) is 11.0 Å². The molecule has 2 aromatic heterocycles. The van der Waals surface area contributed by atoms with Gasteiger partial charge in [0, 0.05) is 12.6 Å². The summed E-state index contributed by atoms with van der Waals surface area (Å²) >= 11 is 0. The molecular formula is C14H12N4O2. The van der Waals surface area contributed by atoms with Gasteiger partial charge in [-0.2, -0.15) is 5.10 Å². The molecule has 0 N–H and O–H groups in total. The van der Waals surface area contributed by atoms with E-state index in [4.69, 9.17) is 0 Å². The molecule has 20 heavy (non-hydrogen) atoms. The smallest absolute Gasteiger partial charge is 0.268 e. The standard InChI is InChI=1S/C14H12N4O2/c1-9-3-5-10(6-4-9)13(19)18-8-15-12-11(14(18)20)7-16-17(12)2/h3-8H,1-2H3. The molecule has 0 aliphatic rings. The topological polar surface area (TPSA) is 69.8 Å². The van der Waals surface area contributed by atoms with Gasteiger partial charge in [0.05, 0.1) is 6.20 Å². The second-order valence-electron chi connectivity index (χ2n) is 4.60. The first kappa shape index (κ1) is 12.3. The maximum absolute atomic E-state index is 12.3. The highest BCUT2D eigenvalue weighted by molar-refractivity contribution is 5.96. The van der Waals surface area contributed by atoms with Crippen LogP contribution in [0.15, 0.2) is 41.6 Å². The van der Waals surface area contributed by atoms with Crippen molar-refractivity contribution in [2.45, 2.75) is 6.92 Å². The Morgan fingerprint density at radius 1 is 1.20 bits per heavy atom. The fourth-order valence-electron chi connectivity index (χ4n) is 2.01. The summed E-state index contributed by atoms with van der Waals surface area (Å²) in [6.07, 6.45) is 2.66. The van der Waals surface area contributed by atoms with Gasteiger partial charge < -0.3 is 0 Å². The van der Waals surface area contributed by atoms with Crippen molar-refractivity contribution in [3.05, 3.63) is 58.3 Å². The summed E-state index contributed by atoms with van der Waals surface area (Å²) in [5.41, 5.74) is 1.55. The third kappa shape index (κ3) is 1.82. The summed E-state index contributed by atoms with van der Waals surface area (Å²) in [4.78, 5) is 28.7. The van der Waals surface area contributed by atoms with Crippen molar-refractivity contribution in [1.82, 2.24) is 19.3 Å². The Hall–Kier alpha value is -2.76. The molecule has 100 valence electrons. The third-order valence-corrected chi connectivity index (χ3v) is 3.17. The summed E-state index contributed by atoms with van der Waals surface area (Å²) in [5, 5.41) is 4.30. The largest absolute Gasteiger partial charge is 0.271 e. The summed E-state index contributed by atoms with van der Waals surface area (Å²) in [6.45, 7) is 1.93. The predicted octanol–water partition coefficient (Wildman–Crippen LogP) is 1.13. The van der Waals surface area contributed by atoms with Gasteiger partial charge in [0.1, 0.15) is 11.7 Å². The summed E-state index contributed by atoms with van der Waals surface area (Å²) < 4.78 is 2.51. The van der Waals surface area contributed by atoms with E-state index in [2.05, 4.69) is 10.1 Å². The predicted molar refractivity (Wildman–Crippen MR) is 73.7 cm³/mol. The second kappa shape index (κ2) is 4.41. The molecule has 6 heteroatoms. The van der Waals surface area contributed by atoms with Crippen LogP contribution in [0.2, 0.25) is 0 Å². The molecule has 6 nitrogen and oxygen atoms in total. The van der Waals surface area contributed by atoms with Crippen molar-refractivity contribution < 1.29 is 4.79 Å². The first-order valence-corrected chi connectivity index (χ1v) is 6.08. The minimum Gasteiger partial charge on any atom is -0.268 e. The maximum Gasteiger partial charge on any atom is 0.271 e. The molecule has 0 bridgehead atoms. The van der Waals surface area contributed by atoms with E-state index in [0.717, 1.165) is 10.1 Å². The Morgan fingerprint density at radius 3 is 2.60 bits per heavy atom. The maximum atomic E-state index is 12.3. The lowest BCUT2D eigenvalue weighted by Crippen LogP contribution is -2.27. The summed E-state index contributed by atoms with van der Waals surface area (Å²) in [6, 6.07) is 7.04. The van der Waals surface area contributed by atoms with Crippen molar-refractivity contribution in [2.24, 2.45) is 7.05 Å². The number of aryl methyl sites for hydroxylation is 2. The van der Waals surface area contributed by atoms with Gasteiger partial charge in [-0.15, -0.1) is 0 Å². The number of hydrogen-bond donors (Lipinski definition) is 0. The van der Waals surface area contributed by atoms with Crippen molar-refractivity contribution in [1.29, 1.82) is 0 Å². The Balaban J connectivity index is 2.15. The van der Waals surface area contributed by atoms with Crippen molar-refractivity contribution in [3.8, 4) is 0 Å². The first-order valence-electron chi connectivity index (χ1n) is 6.08. The van der Waals surface area contributed by atoms with Crippen LogP contribution in [0.1, 0.15) is 15.9 Å². The van der Waals surface area contributed by atoms with E-state index in [1.807, 2.05) is 19.1 Å². The molecular weight excluding hydrogens is 256 g/mol. The highest BCUT2D eigenvalue weighted by Gasteiger charge is 2.14. The SMILES string of the molecule is Cc1ccc(C(=O)n2cnc3c(cnn3C)c2=O)cc1. The van der Waals surface area contributed by atoms with Crippen LogP contribution in [0, 0.1) is 6.92 Å². The minimum atomic E-state index is -0.409. The van der Waals surface area contributed by atoms with Gasteiger partial charge in [-0.3, -0.25) is 14.3 Å².